The van der Waals surface area contributed by atoms with Gasteiger partial charge in [0, 0.05) is 0 Å². The third kappa shape index (κ3) is 4.08. The van der Waals surface area contributed by atoms with Crippen molar-refractivity contribution in [1.82, 2.24) is 0 Å². The Morgan fingerprint density at radius 1 is 0.268 bits per heavy atom. The summed E-state index contributed by atoms with van der Waals surface area (Å²) >= 11 is 0. The molecule has 0 N–H and O–H groups in total. The van der Waals surface area contributed by atoms with Crippen LogP contribution in [0.5, 0.6) is 0 Å². The smallest absolute Gasteiger partial charge is 0.00262 e. The molecule has 0 bridgehead atoms. The molecule has 0 aliphatic rings. The highest BCUT2D eigenvalue weighted by atomic mass is 14.2. The van der Waals surface area contributed by atoms with Crippen LogP contribution in [0.4, 0.5) is 0 Å². The fourth-order valence-corrected chi connectivity index (χ4v) is 6.39. The van der Waals surface area contributed by atoms with E-state index in [-0.39, 0.29) is 7.43 Å². The Kier molecular flexibility index (Phi) is 6.10. The van der Waals surface area contributed by atoms with Crippen LogP contribution in [0.3, 0.4) is 0 Å². The van der Waals surface area contributed by atoms with Gasteiger partial charge in [0.05, 0.1) is 0 Å². The highest BCUT2D eigenvalue weighted by molar-refractivity contribution is 6.21. The van der Waals surface area contributed by atoms with E-state index in [9.17, 15) is 0 Å². The molecule has 194 valence electrons. The summed E-state index contributed by atoms with van der Waals surface area (Å²) in [6, 6.07) is 57.5. The lowest BCUT2D eigenvalue weighted by Crippen LogP contribution is -1.91. The minimum Gasteiger partial charge on any atom is -0.0776 e. The van der Waals surface area contributed by atoms with E-state index in [1.54, 1.807) is 0 Å². The van der Waals surface area contributed by atoms with Gasteiger partial charge in [0.15, 0.2) is 0 Å². The zero-order valence-corrected chi connectivity index (χ0v) is 22.0. The van der Waals surface area contributed by atoms with Gasteiger partial charge in [-0.1, -0.05) is 159 Å². The summed E-state index contributed by atoms with van der Waals surface area (Å²) in [5, 5.41) is 10.2. The molecular formula is C41H30. The third-order valence-corrected chi connectivity index (χ3v) is 8.24. The van der Waals surface area contributed by atoms with Crippen LogP contribution >= 0.6 is 0 Å². The maximum absolute atomic E-state index is 2.34. The first-order valence-electron chi connectivity index (χ1n) is 13.9. The van der Waals surface area contributed by atoms with Crippen molar-refractivity contribution < 1.29 is 0 Å². The van der Waals surface area contributed by atoms with Crippen LogP contribution in [0.2, 0.25) is 0 Å². The van der Waals surface area contributed by atoms with Crippen LogP contribution in [0.15, 0.2) is 158 Å². The number of hydrogen-bond donors (Lipinski definition) is 0. The van der Waals surface area contributed by atoms with Gasteiger partial charge in [-0.15, -0.1) is 0 Å². The Bertz CT molecular complexity index is 2140. The molecule has 0 amide bonds. The van der Waals surface area contributed by atoms with Crippen LogP contribution in [0, 0.1) is 0 Å². The van der Waals surface area contributed by atoms with Gasteiger partial charge in [0.1, 0.15) is 0 Å². The Labute approximate surface area is 241 Å². The van der Waals surface area contributed by atoms with Crippen LogP contribution in [-0.4, -0.2) is 0 Å². The van der Waals surface area contributed by atoms with Crippen molar-refractivity contribution in [3.63, 3.8) is 0 Å². The Morgan fingerprint density at radius 3 is 1.34 bits per heavy atom. The number of benzene rings is 8. The van der Waals surface area contributed by atoms with Crippen molar-refractivity contribution in [2.45, 2.75) is 7.43 Å². The maximum Gasteiger partial charge on any atom is -0.00262 e. The van der Waals surface area contributed by atoms with Crippen molar-refractivity contribution >= 4 is 43.1 Å². The first-order chi connectivity index (χ1) is 19.8. The molecule has 8 aromatic carbocycles. The number of fused-ring (bicyclic) bond motifs is 4. The molecule has 41 heavy (non-hydrogen) atoms. The topological polar surface area (TPSA) is 0 Å². The molecule has 0 heteroatoms. The van der Waals surface area contributed by atoms with Gasteiger partial charge in [0.25, 0.3) is 0 Å². The molecule has 0 atom stereocenters. The Morgan fingerprint density at radius 2 is 0.707 bits per heavy atom. The lowest BCUT2D eigenvalue weighted by atomic mass is 9.85. The predicted molar refractivity (Wildman–Crippen MR) is 180 cm³/mol. The zero-order valence-electron chi connectivity index (χ0n) is 22.0. The van der Waals surface area contributed by atoms with Gasteiger partial charge >= 0.3 is 0 Å². The molecule has 0 saturated heterocycles. The second kappa shape index (κ2) is 10.1. The molecule has 0 aliphatic carbocycles. The predicted octanol–water partition coefficient (Wildman–Crippen LogP) is 11.9. The van der Waals surface area contributed by atoms with E-state index < -0.39 is 0 Å². The fraction of sp³-hybridized carbons (Fsp3) is 0.0244. The summed E-state index contributed by atoms with van der Waals surface area (Å²) in [5.74, 6) is 0. The minimum atomic E-state index is 0. The van der Waals surface area contributed by atoms with Gasteiger partial charge in [-0.3, -0.25) is 0 Å². The maximum atomic E-state index is 2.34. The van der Waals surface area contributed by atoms with Gasteiger partial charge in [-0.2, -0.15) is 0 Å². The molecular weight excluding hydrogens is 492 g/mol. The van der Waals surface area contributed by atoms with E-state index >= 15 is 0 Å². The van der Waals surface area contributed by atoms with Crippen molar-refractivity contribution in [3.05, 3.63) is 158 Å². The van der Waals surface area contributed by atoms with E-state index in [1.807, 2.05) is 0 Å². The quantitative estimate of drug-likeness (QED) is 0.202. The number of hydrogen-bond acceptors (Lipinski definition) is 0. The van der Waals surface area contributed by atoms with Crippen molar-refractivity contribution in [1.29, 1.82) is 0 Å². The van der Waals surface area contributed by atoms with Crippen LogP contribution in [-0.2, 0) is 0 Å². The van der Waals surface area contributed by atoms with E-state index in [0.29, 0.717) is 0 Å². The summed E-state index contributed by atoms with van der Waals surface area (Å²) in [5.41, 5.74) is 7.59. The van der Waals surface area contributed by atoms with Gasteiger partial charge in [0.2, 0.25) is 0 Å². The van der Waals surface area contributed by atoms with Crippen LogP contribution in [0.25, 0.3) is 76.5 Å². The first kappa shape index (κ1) is 24.8. The monoisotopic (exact) mass is 522 g/mol. The Balaban J connectivity index is 0.00000276. The lowest BCUT2D eigenvalue weighted by Gasteiger charge is -2.18. The second-order valence-electron chi connectivity index (χ2n) is 10.5. The summed E-state index contributed by atoms with van der Waals surface area (Å²) < 4.78 is 0. The highest BCUT2D eigenvalue weighted by Crippen LogP contribution is 2.44. The van der Waals surface area contributed by atoms with Crippen LogP contribution in [0.1, 0.15) is 7.43 Å². The summed E-state index contributed by atoms with van der Waals surface area (Å²) in [7, 11) is 0. The van der Waals surface area contributed by atoms with Gasteiger partial charge in [-0.05, 0) is 82.5 Å². The molecule has 0 unspecified atom stereocenters. The Hall–Kier alpha value is -5.20. The van der Waals surface area contributed by atoms with Crippen molar-refractivity contribution in [2.75, 3.05) is 0 Å². The highest BCUT2D eigenvalue weighted by Gasteiger charge is 2.17. The molecule has 0 aliphatic heterocycles. The standard InChI is InChI=1S/C40H26.CH4/c1-2-12-31-26-32(25-20-27(31)10-1)40-37-17-7-5-15-35(37)39(36-16-6-8-18-38(36)40)30-23-21-29(22-24-30)34-19-9-13-28-11-3-4-14-33(28)34;/h1-26H;1H4. The molecule has 8 aromatic rings. The molecule has 0 aromatic heterocycles. The van der Waals surface area contributed by atoms with Crippen LogP contribution < -0.4 is 0 Å². The molecule has 0 fully saturated rings. The average Bonchev–Trinajstić information content (AvgIpc) is 3.03. The molecule has 0 saturated carbocycles. The van der Waals surface area contributed by atoms with E-state index in [4.69, 9.17) is 0 Å². The first-order valence-corrected chi connectivity index (χ1v) is 13.9. The number of rotatable bonds is 3. The molecule has 0 heterocycles. The molecule has 0 spiro atoms. The zero-order chi connectivity index (χ0) is 26.5. The molecule has 0 nitrogen and oxygen atoms in total. The van der Waals surface area contributed by atoms with Gasteiger partial charge in [-0.25, -0.2) is 0 Å². The minimum absolute atomic E-state index is 0. The lowest BCUT2D eigenvalue weighted by molar-refractivity contribution is 1.63. The SMILES string of the molecule is C.c1ccc2cc(-c3c4ccccc4c(-c4ccc(-c5cccc6ccccc56)cc4)c4ccccc34)ccc2c1. The van der Waals surface area contributed by atoms with E-state index in [0.717, 1.165) is 0 Å². The second-order valence-corrected chi connectivity index (χ2v) is 10.5. The van der Waals surface area contributed by atoms with Gasteiger partial charge < -0.3 is 0 Å². The van der Waals surface area contributed by atoms with Crippen molar-refractivity contribution in [2.24, 2.45) is 0 Å². The summed E-state index contributed by atoms with van der Waals surface area (Å²) in [4.78, 5) is 0. The molecule has 8 rings (SSSR count). The van der Waals surface area contributed by atoms with E-state index in [1.165, 1.54) is 76.5 Å². The molecule has 0 radical (unpaired) electrons. The average molecular weight is 523 g/mol. The van der Waals surface area contributed by atoms with E-state index in [2.05, 4.69) is 158 Å². The third-order valence-electron chi connectivity index (χ3n) is 8.24. The summed E-state index contributed by atoms with van der Waals surface area (Å²) in [6.45, 7) is 0. The largest absolute Gasteiger partial charge is 0.0776 e. The normalized spacial score (nSPS) is 11.2. The summed E-state index contributed by atoms with van der Waals surface area (Å²) in [6.07, 6.45) is 0. The fourth-order valence-electron chi connectivity index (χ4n) is 6.39. The van der Waals surface area contributed by atoms with Crippen molar-refractivity contribution in [3.8, 4) is 33.4 Å².